The predicted octanol–water partition coefficient (Wildman–Crippen LogP) is 4.11. The number of hydrogen-bond acceptors (Lipinski definition) is 2. The van der Waals surface area contributed by atoms with E-state index in [1.165, 1.54) is 18.1 Å². The van der Waals surface area contributed by atoms with Crippen molar-refractivity contribution in [1.29, 1.82) is 0 Å². The third-order valence-electron chi connectivity index (χ3n) is 3.25. The van der Waals surface area contributed by atoms with E-state index in [-0.39, 0.29) is 0 Å². The van der Waals surface area contributed by atoms with Crippen molar-refractivity contribution in [1.82, 2.24) is 0 Å². The minimum Gasteiger partial charge on any atom is -0.464 e. The average Bonchev–Trinajstić information content (AvgIpc) is 2.67. The van der Waals surface area contributed by atoms with Crippen molar-refractivity contribution in [3.8, 4) is 0 Å². The van der Waals surface area contributed by atoms with Crippen molar-refractivity contribution in [2.24, 2.45) is 0 Å². The van der Waals surface area contributed by atoms with E-state index >= 15 is 0 Å². The summed E-state index contributed by atoms with van der Waals surface area (Å²) < 4.78 is 11.6. The van der Waals surface area contributed by atoms with Crippen LogP contribution in [-0.2, 0) is 11.0 Å². The lowest BCUT2D eigenvalue weighted by Crippen LogP contribution is -2.35. The van der Waals surface area contributed by atoms with E-state index in [0.717, 1.165) is 11.5 Å². The Morgan fingerprint density at radius 1 is 1.13 bits per heavy atom. The van der Waals surface area contributed by atoms with E-state index in [0.29, 0.717) is 6.61 Å². The smallest absolute Gasteiger partial charge is 0.192 e. The Labute approximate surface area is 93.8 Å². The van der Waals surface area contributed by atoms with Crippen LogP contribution in [-0.4, -0.2) is 8.32 Å². The predicted molar refractivity (Wildman–Crippen MR) is 65.4 cm³/mol. The van der Waals surface area contributed by atoms with Gasteiger partial charge in [0.1, 0.15) is 11.5 Å². The maximum Gasteiger partial charge on any atom is 0.192 e. The molecule has 0 saturated heterocycles. The highest BCUT2D eigenvalue weighted by Crippen LogP contribution is 2.23. The van der Waals surface area contributed by atoms with Gasteiger partial charge in [-0.1, -0.05) is 20.8 Å². The molecule has 0 aromatic carbocycles. The first-order chi connectivity index (χ1) is 7.15. The molecule has 0 aliphatic carbocycles. The van der Waals surface area contributed by atoms with Crippen molar-refractivity contribution < 1.29 is 8.84 Å². The average molecular weight is 226 g/mol. The number of furan rings is 1. The van der Waals surface area contributed by atoms with Gasteiger partial charge in [0.25, 0.3) is 0 Å². The second-order valence-corrected chi connectivity index (χ2v) is 8.82. The summed E-state index contributed by atoms with van der Waals surface area (Å²) in [6.45, 7) is 9.34. The summed E-state index contributed by atoms with van der Waals surface area (Å²) in [5.74, 6) is 1.92. The summed E-state index contributed by atoms with van der Waals surface area (Å²) >= 11 is 0. The van der Waals surface area contributed by atoms with Gasteiger partial charge in [0.2, 0.25) is 0 Å². The van der Waals surface area contributed by atoms with E-state index in [2.05, 4.69) is 20.8 Å². The molecule has 0 amide bonds. The second-order valence-electron chi connectivity index (χ2n) is 4.04. The van der Waals surface area contributed by atoms with Gasteiger partial charge in [0, 0.05) is 0 Å². The Kier molecular flexibility index (Phi) is 4.61. The minimum absolute atomic E-state index is 0.648. The highest BCUT2D eigenvalue weighted by Gasteiger charge is 2.28. The van der Waals surface area contributed by atoms with Crippen LogP contribution >= 0.6 is 0 Å². The molecular weight excluding hydrogens is 204 g/mol. The zero-order chi connectivity index (χ0) is 11.3. The molecule has 0 spiro atoms. The molecular formula is C12H22O2Si. The molecule has 1 aromatic rings. The number of rotatable bonds is 6. The maximum atomic E-state index is 6.12. The molecule has 0 radical (unpaired) electrons. The largest absolute Gasteiger partial charge is 0.464 e. The van der Waals surface area contributed by atoms with Gasteiger partial charge >= 0.3 is 0 Å². The molecule has 86 valence electrons. The van der Waals surface area contributed by atoms with E-state index in [4.69, 9.17) is 8.84 Å². The van der Waals surface area contributed by atoms with Crippen molar-refractivity contribution in [3.63, 3.8) is 0 Å². The Morgan fingerprint density at radius 2 is 1.73 bits per heavy atom. The first-order valence-corrected chi connectivity index (χ1v) is 8.38. The van der Waals surface area contributed by atoms with Crippen LogP contribution in [0, 0.1) is 6.92 Å². The van der Waals surface area contributed by atoms with Gasteiger partial charge in [0.05, 0.1) is 6.61 Å². The van der Waals surface area contributed by atoms with E-state index in [1.54, 1.807) is 0 Å². The van der Waals surface area contributed by atoms with E-state index in [1.807, 2.05) is 19.1 Å². The second kappa shape index (κ2) is 5.52. The van der Waals surface area contributed by atoms with Crippen LogP contribution in [0.3, 0.4) is 0 Å². The fourth-order valence-electron chi connectivity index (χ4n) is 1.84. The Bertz CT molecular complexity index is 281. The van der Waals surface area contributed by atoms with Gasteiger partial charge in [-0.05, 0) is 37.2 Å². The van der Waals surface area contributed by atoms with Crippen molar-refractivity contribution in [3.05, 3.63) is 23.7 Å². The fraction of sp³-hybridized carbons (Fsp3) is 0.667. The zero-order valence-electron chi connectivity index (χ0n) is 10.3. The minimum atomic E-state index is -1.45. The summed E-state index contributed by atoms with van der Waals surface area (Å²) in [4.78, 5) is 0. The third kappa shape index (κ3) is 3.21. The maximum absolute atomic E-state index is 6.12. The van der Waals surface area contributed by atoms with Crippen LogP contribution in [0.5, 0.6) is 0 Å². The Morgan fingerprint density at radius 3 is 2.13 bits per heavy atom. The zero-order valence-corrected chi connectivity index (χ0v) is 11.3. The lowest BCUT2D eigenvalue weighted by molar-refractivity contribution is 0.252. The van der Waals surface area contributed by atoms with Crippen LogP contribution < -0.4 is 0 Å². The van der Waals surface area contributed by atoms with Gasteiger partial charge in [-0.3, -0.25) is 0 Å². The molecule has 0 aliphatic rings. The molecule has 1 heterocycles. The van der Waals surface area contributed by atoms with Crippen molar-refractivity contribution in [2.75, 3.05) is 0 Å². The van der Waals surface area contributed by atoms with Gasteiger partial charge in [-0.2, -0.15) is 0 Å². The number of hydrogen-bond donors (Lipinski definition) is 0. The summed E-state index contributed by atoms with van der Waals surface area (Å²) in [6.07, 6.45) is 0. The monoisotopic (exact) mass is 226 g/mol. The molecule has 0 bridgehead atoms. The summed E-state index contributed by atoms with van der Waals surface area (Å²) in [7, 11) is -1.45. The van der Waals surface area contributed by atoms with Crippen molar-refractivity contribution >= 4 is 8.32 Å². The first-order valence-electron chi connectivity index (χ1n) is 5.85. The third-order valence-corrected chi connectivity index (χ3v) is 7.87. The molecule has 0 atom stereocenters. The SMILES string of the molecule is CC[Si](CC)(CC)OCc1ccc(C)o1. The molecule has 0 saturated carbocycles. The van der Waals surface area contributed by atoms with E-state index in [9.17, 15) is 0 Å². The summed E-state index contributed by atoms with van der Waals surface area (Å²) in [5, 5.41) is 0. The van der Waals surface area contributed by atoms with Crippen LogP contribution in [0.25, 0.3) is 0 Å². The highest BCUT2D eigenvalue weighted by atomic mass is 28.4. The quantitative estimate of drug-likeness (QED) is 0.681. The molecule has 1 rings (SSSR count). The normalized spacial score (nSPS) is 12.0. The molecule has 0 fully saturated rings. The molecule has 3 heteroatoms. The molecule has 0 aliphatic heterocycles. The fourth-order valence-corrected chi connectivity index (χ4v) is 4.40. The molecule has 2 nitrogen and oxygen atoms in total. The van der Waals surface area contributed by atoms with Crippen LogP contribution in [0.4, 0.5) is 0 Å². The van der Waals surface area contributed by atoms with Crippen LogP contribution in [0.1, 0.15) is 32.3 Å². The van der Waals surface area contributed by atoms with E-state index < -0.39 is 8.32 Å². The molecule has 1 aromatic heterocycles. The standard InChI is InChI=1S/C12H22O2Si/c1-5-15(6-2,7-3)13-10-12-9-8-11(4)14-12/h8-9H,5-7,10H2,1-4H3. The summed E-state index contributed by atoms with van der Waals surface area (Å²) in [6, 6.07) is 7.58. The molecule has 0 N–H and O–H groups in total. The Balaban J connectivity index is 2.54. The van der Waals surface area contributed by atoms with Crippen LogP contribution in [0.2, 0.25) is 18.1 Å². The first kappa shape index (κ1) is 12.5. The Hall–Kier alpha value is -0.543. The van der Waals surface area contributed by atoms with Crippen molar-refractivity contribution in [2.45, 2.75) is 52.4 Å². The topological polar surface area (TPSA) is 22.4 Å². The molecule has 15 heavy (non-hydrogen) atoms. The van der Waals surface area contributed by atoms with Gasteiger partial charge < -0.3 is 8.84 Å². The number of aryl methyl sites for hydroxylation is 1. The highest BCUT2D eigenvalue weighted by molar-refractivity contribution is 6.73. The lowest BCUT2D eigenvalue weighted by atomic mass is 10.4. The molecule has 0 unspecified atom stereocenters. The lowest BCUT2D eigenvalue weighted by Gasteiger charge is -2.27. The van der Waals surface area contributed by atoms with Crippen LogP contribution in [0.15, 0.2) is 16.5 Å². The van der Waals surface area contributed by atoms with Gasteiger partial charge in [0.15, 0.2) is 8.32 Å². The van der Waals surface area contributed by atoms with Gasteiger partial charge in [-0.25, -0.2) is 0 Å². The summed E-state index contributed by atoms with van der Waals surface area (Å²) in [5.41, 5.74) is 0. The van der Waals surface area contributed by atoms with Gasteiger partial charge in [-0.15, -0.1) is 0 Å².